The van der Waals surface area contributed by atoms with Crippen LogP contribution < -0.4 is 5.56 Å². The molecule has 2 rings (SSSR count). The van der Waals surface area contributed by atoms with E-state index in [1.165, 1.54) is 18.0 Å². The van der Waals surface area contributed by atoms with Crippen LogP contribution in [0.15, 0.2) is 51.4 Å². The molecule has 0 aliphatic carbocycles. The second-order valence-electron chi connectivity index (χ2n) is 3.13. The van der Waals surface area contributed by atoms with E-state index in [9.17, 15) is 4.79 Å². The van der Waals surface area contributed by atoms with Crippen LogP contribution in [0.5, 0.6) is 0 Å². The van der Waals surface area contributed by atoms with Crippen LogP contribution in [-0.4, -0.2) is 15.1 Å². The Hall–Kier alpha value is -1.59. The maximum absolute atomic E-state index is 11.4. The SMILES string of the molecule is O=c1[nH]ccnc1Sc1ccc(CO)cc1. The molecule has 4 nitrogen and oxygen atoms in total. The fraction of sp³-hybridized carbons (Fsp3) is 0.0909. The van der Waals surface area contributed by atoms with E-state index in [-0.39, 0.29) is 12.2 Å². The summed E-state index contributed by atoms with van der Waals surface area (Å²) in [6.45, 7) is 0.0229. The monoisotopic (exact) mass is 234 g/mol. The molecule has 5 heteroatoms. The van der Waals surface area contributed by atoms with Crippen LogP contribution in [0.25, 0.3) is 0 Å². The summed E-state index contributed by atoms with van der Waals surface area (Å²) in [4.78, 5) is 18.8. The van der Waals surface area contributed by atoms with Crippen molar-refractivity contribution in [2.45, 2.75) is 16.5 Å². The van der Waals surface area contributed by atoms with E-state index >= 15 is 0 Å². The van der Waals surface area contributed by atoms with Crippen molar-refractivity contribution in [2.24, 2.45) is 0 Å². The van der Waals surface area contributed by atoms with E-state index in [2.05, 4.69) is 9.97 Å². The number of aromatic amines is 1. The van der Waals surface area contributed by atoms with Crippen LogP contribution >= 0.6 is 11.8 Å². The maximum Gasteiger partial charge on any atom is 0.280 e. The molecule has 0 atom stereocenters. The third kappa shape index (κ3) is 2.50. The van der Waals surface area contributed by atoms with Crippen molar-refractivity contribution < 1.29 is 5.11 Å². The largest absolute Gasteiger partial charge is 0.392 e. The first-order valence-electron chi connectivity index (χ1n) is 4.71. The summed E-state index contributed by atoms with van der Waals surface area (Å²) < 4.78 is 0. The fourth-order valence-corrected chi connectivity index (χ4v) is 1.95. The fourth-order valence-electron chi connectivity index (χ4n) is 1.19. The van der Waals surface area contributed by atoms with Crippen molar-refractivity contribution in [3.8, 4) is 0 Å². The third-order valence-electron chi connectivity index (χ3n) is 2.00. The van der Waals surface area contributed by atoms with Gasteiger partial charge in [0.1, 0.15) is 0 Å². The van der Waals surface area contributed by atoms with Gasteiger partial charge in [0.2, 0.25) is 0 Å². The summed E-state index contributed by atoms with van der Waals surface area (Å²) in [5.41, 5.74) is 0.651. The summed E-state index contributed by atoms with van der Waals surface area (Å²) in [5, 5.41) is 9.30. The molecular weight excluding hydrogens is 224 g/mol. The Morgan fingerprint density at radius 2 is 2.06 bits per heavy atom. The molecule has 0 aliphatic rings. The van der Waals surface area contributed by atoms with Gasteiger partial charge in [0.05, 0.1) is 6.61 Å². The minimum absolute atomic E-state index is 0.0229. The highest BCUT2D eigenvalue weighted by Gasteiger charge is 2.02. The Labute approximate surface area is 96.4 Å². The highest BCUT2D eigenvalue weighted by Crippen LogP contribution is 2.23. The highest BCUT2D eigenvalue weighted by atomic mass is 32.2. The molecule has 2 aromatic rings. The zero-order valence-corrected chi connectivity index (χ0v) is 9.20. The van der Waals surface area contributed by atoms with E-state index in [0.717, 1.165) is 10.5 Å². The number of H-pyrrole nitrogens is 1. The normalized spacial score (nSPS) is 10.3. The average molecular weight is 234 g/mol. The van der Waals surface area contributed by atoms with Gasteiger partial charge in [0.15, 0.2) is 5.03 Å². The summed E-state index contributed by atoms with van der Waals surface area (Å²) >= 11 is 1.30. The van der Waals surface area contributed by atoms with Gasteiger partial charge in [-0.2, -0.15) is 0 Å². The van der Waals surface area contributed by atoms with Gasteiger partial charge in [-0.1, -0.05) is 23.9 Å². The second kappa shape index (κ2) is 4.96. The van der Waals surface area contributed by atoms with E-state index < -0.39 is 0 Å². The summed E-state index contributed by atoms with van der Waals surface area (Å²) in [5.74, 6) is 0. The summed E-state index contributed by atoms with van der Waals surface area (Å²) in [6.07, 6.45) is 3.05. The molecule has 2 N–H and O–H groups in total. The molecule has 0 saturated carbocycles. The first-order chi connectivity index (χ1) is 7.79. The quantitative estimate of drug-likeness (QED) is 0.842. The summed E-state index contributed by atoms with van der Waals surface area (Å²) in [7, 11) is 0. The molecule has 0 saturated heterocycles. The number of nitrogens with zero attached hydrogens (tertiary/aromatic N) is 1. The van der Waals surface area contributed by atoms with Gasteiger partial charge in [-0.3, -0.25) is 4.79 Å². The summed E-state index contributed by atoms with van der Waals surface area (Å²) in [6, 6.07) is 7.34. The second-order valence-corrected chi connectivity index (χ2v) is 4.19. The van der Waals surface area contributed by atoms with Crippen molar-refractivity contribution in [3.63, 3.8) is 0 Å². The Kier molecular flexibility index (Phi) is 3.38. The minimum Gasteiger partial charge on any atom is -0.392 e. The van der Waals surface area contributed by atoms with Crippen molar-refractivity contribution in [1.82, 2.24) is 9.97 Å². The number of aliphatic hydroxyl groups is 1. The molecule has 0 amide bonds. The van der Waals surface area contributed by atoms with E-state index in [1.807, 2.05) is 24.3 Å². The third-order valence-corrected chi connectivity index (χ3v) is 2.99. The number of hydrogen-bond acceptors (Lipinski definition) is 4. The topological polar surface area (TPSA) is 66.0 Å². The Morgan fingerprint density at radius 3 is 2.69 bits per heavy atom. The van der Waals surface area contributed by atoms with Gasteiger partial charge in [0, 0.05) is 17.3 Å². The lowest BCUT2D eigenvalue weighted by atomic mass is 10.2. The number of aliphatic hydroxyl groups excluding tert-OH is 1. The Balaban J connectivity index is 2.21. The number of benzene rings is 1. The molecule has 16 heavy (non-hydrogen) atoms. The molecule has 1 aromatic carbocycles. The van der Waals surface area contributed by atoms with E-state index in [1.54, 1.807) is 6.20 Å². The van der Waals surface area contributed by atoms with Crippen LogP contribution in [0, 0.1) is 0 Å². The van der Waals surface area contributed by atoms with E-state index in [0.29, 0.717) is 5.03 Å². The molecule has 1 aromatic heterocycles. The molecule has 0 aliphatic heterocycles. The lowest BCUT2D eigenvalue weighted by Crippen LogP contribution is -2.08. The molecular formula is C11H10N2O2S. The molecule has 0 bridgehead atoms. The Bertz CT molecular complexity index is 522. The zero-order valence-electron chi connectivity index (χ0n) is 8.38. The van der Waals surface area contributed by atoms with Gasteiger partial charge in [0.25, 0.3) is 5.56 Å². The van der Waals surface area contributed by atoms with Crippen LogP contribution in [0.3, 0.4) is 0 Å². The molecule has 82 valence electrons. The maximum atomic E-state index is 11.4. The van der Waals surface area contributed by atoms with Crippen LogP contribution in [0.1, 0.15) is 5.56 Å². The van der Waals surface area contributed by atoms with Crippen LogP contribution in [-0.2, 0) is 6.61 Å². The van der Waals surface area contributed by atoms with Gasteiger partial charge in [-0.15, -0.1) is 0 Å². The molecule has 1 heterocycles. The number of hydrogen-bond donors (Lipinski definition) is 2. The number of rotatable bonds is 3. The smallest absolute Gasteiger partial charge is 0.280 e. The zero-order chi connectivity index (χ0) is 11.4. The minimum atomic E-state index is -0.196. The van der Waals surface area contributed by atoms with Gasteiger partial charge >= 0.3 is 0 Å². The van der Waals surface area contributed by atoms with Crippen molar-refractivity contribution in [1.29, 1.82) is 0 Å². The average Bonchev–Trinajstić information content (AvgIpc) is 2.33. The van der Waals surface area contributed by atoms with Gasteiger partial charge < -0.3 is 10.1 Å². The van der Waals surface area contributed by atoms with Crippen LogP contribution in [0.4, 0.5) is 0 Å². The Morgan fingerprint density at radius 1 is 1.31 bits per heavy atom. The highest BCUT2D eigenvalue weighted by molar-refractivity contribution is 7.99. The first kappa shape index (κ1) is 10.9. The van der Waals surface area contributed by atoms with Crippen molar-refractivity contribution in [3.05, 3.63) is 52.6 Å². The molecule has 0 unspecified atom stereocenters. The van der Waals surface area contributed by atoms with Gasteiger partial charge in [-0.05, 0) is 17.7 Å². The molecule has 0 fully saturated rings. The standard InChI is InChI=1S/C11H10N2O2S/c14-7-8-1-3-9(4-2-8)16-11-10(15)12-5-6-13-11/h1-6,14H,7H2,(H,12,15). The predicted octanol–water partition coefficient (Wildman–Crippen LogP) is 1.41. The lowest BCUT2D eigenvalue weighted by molar-refractivity contribution is 0.282. The lowest BCUT2D eigenvalue weighted by Gasteiger charge is -2.00. The van der Waals surface area contributed by atoms with Crippen LogP contribution in [0.2, 0.25) is 0 Å². The molecule has 0 radical (unpaired) electrons. The van der Waals surface area contributed by atoms with Gasteiger partial charge in [-0.25, -0.2) is 4.98 Å². The number of aromatic nitrogens is 2. The van der Waals surface area contributed by atoms with Crippen molar-refractivity contribution >= 4 is 11.8 Å². The first-order valence-corrected chi connectivity index (χ1v) is 5.52. The predicted molar refractivity (Wildman–Crippen MR) is 61.3 cm³/mol. The molecule has 0 spiro atoms. The van der Waals surface area contributed by atoms with E-state index in [4.69, 9.17) is 5.11 Å². The van der Waals surface area contributed by atoms with Crippen molar-refractivity contribution in [2.75, 3.05) is 0 Å². The number of nitrogens with one attached hydrogen (secondary N) is 1.